The Balaban J connectivity index is 3.14. The number of H-pyrrole nitrogens is 1. The Morgan fingerprint density at radius 2 is 2.42 bits per heavy atom. The van der Waals surface area contributed by atoms with E-state index in [4.69, 9.17) is 11.6 Å². The first-order valence-electron chi connectivity index (χ1n) is 3.17. The number of alkyl halides is 1. The largest absolute Gasteiger partial charge is 0.327 e. The molecule has 1 rings (SSSR count). The number of pyridine rings is 1. The van der Waals surface area contributed by atoms with Crippen LogP contribution in [0.5, 0.6) is 0 Å². The van der Waals surface area contributed by atoms with Crippen molar-refractivity contribution in [2.24, 2.45) is 0 Å². The van der Waals surface area contributed by atoms with Crippen LogP contribution >= 0.6 is 27.5 Å². The average Bonchev–Trinajstić information content (AvgIpc) is 2.07. The number of halogens is 2. The van der Waals surface area contributed by atoms with Crippen molar-refractivity contribution in [3.63, 3.8) is 0 Å². The lowest BCUT2D eigenvalue weighted by atomic mass is 10.3. The van der Waals surface area contributed by atoms with E-state index in [0.29, 0.717) is 5.56 Å². The van der Waals surface area contributed by atoms with E-state index in [-0.39, 0.29) is 11.4 Å². The monoisotopic (exact) mass is 245 g/mol. The van der Waals surface area contributed by atoms with Crippen molar-refractivity contribution < 1.29 is 0 Å². The molecule has 12 heavy (non-hydrogen) atoms. The van der Waals surface area contributed by atoms with Gasteiger partial charge in [-0.3, -0.25) is 4.79 Å². The molecule has 0 saturated heterocycles. The molecule has 1 aromatic heterocycles. The van der Waals surface area contributed by atoms with Crippen LogP contribution in [0, 0.1) is 11.8 Å². The Morgan fingerprint density at radius 1 is 1.67 bits per heavy atom. The number of hydrogen-bond donors (Lipinski definition) is 1. The Labute approximate surface area is 83.1 Å². The molecule has 0 spiro atoms. The molecular formula is C8H5BrClNO. The first-order valence-corrected chi connectivity index (χ1v) is 4.50. The summed E-state index contributed by atoms with van der Waals surface area (Å²) >= 11 is 8.56. The molecule has 0 amide bonds. The van der Waals surface area contributed by atoms with Gasteiger partial charge >= 0.3 is 0 Å². The smallest absolute Gasteiger partial charge is 0.263 e. The third kappa shape index (κ3) is 2.40. The lowest BCUT2D eigenvalue weighted by molar-refractivity contribution is 1.21. The maximum Gasteiger partial charge on any atom is 0.263 e. The second kappa shape index (κ2) is 4.34. The minimum atomic E-state index is -0.198. The Bertz CT molecular complexity index is 388. The summed E-state index contributed by atoms with van der Waals surface area (Å²) in [6.07, 6.45) is 1.56. The summed E-state index contributed by atoms with van der Waals surface area (Å²) in [4.78, 5) is 13.6. The minimum absolute atomic E-state index is 0.198. The fourth-order valence-electron chi connectivity index (χ4n) is 0.679. The van der Waals surface area contributed by atoms with E-state index >= 15 is 0 Å². The van der Waals surface area contributed by atoms with Crippen LogP contribution < -0.4 is 5.56 Å². The molecule has 0 aromatic carbocycles. The molecule has 0 fully saturated rings. The SMILES string of the molecule is O=c1[nH]cc(Br)cc1C#CCCl. The highest BCUT2D eigenvalue weighted by molar-refractivity contribution is 9.10. The van der Waals surface area contributed by atoms with E-state index < -0.39 is 0 Å². The summed E-state index contributed by atoms with van der Waals surface area (Å²) < 4.78 is 0.793. The van der Waals surface area contributed by atoms with E-state index in [1.54, 1.807) is 12.3 Å². The predicted molar refractivity (Wildman–Crippen MR) is 52.4 cm³/mol. The van der Waals surface area contributed by atoms with Gasteiger partial charge in [-0.25, -0.2) is 0 Å². The maximum absolute atomic E-state index is 11.1. The van der Waals surface area contributed by atoms with Crippen molar-refractivity contribution in [2.75, 3.05) is 5.88 Å². The Hall–Kier alpha value is -0.720. The van der Waals surface area contributed by atoms with Crippen molar-refractivity contribution in [1.29, 1.82) is 0 Å². The van der Waals surface area contributed by atoms with E-state index in [2.05, 4.69) is 32.8 Å². The minimum Gasteiger partial charge on any atom is -0.327 e. The van der Waals surface area contributed by atoms with Crippen LogP contribution in [-0.4, -0.2) is 10.9 Å². The first kappa shape index (κ1) is 9.37. The highest BCUT2D eigenvalue weighted by Crippen LogP contribution is 2.05. The van der Waals surface area contributed by atoms with Gasteiger partial charge in [0.25, 0.3) is 5.56 Å². The summed E-state index contributed by atoms with van der Waals surface area (Å²) in [5.41, 5.74) is 0.223. The van der Waals surface area contributed by atoms with Gasteiger partial charge in [0.1, 0.15) is 0 Å². The third-order valence-electron chi connectivity index (χ3n) is 1.16. The van der Waals surface area contributed by atoms with Crippen LogP contribution in [0.25, 0.3) is 0 Å². The Morgan fingerprint density at radius 3 is 3.08 bits per heavy atom. The molecule has 1 heterocycles. The first-order chi connectivity index (χ1) is 5.74. The molecule has 0 saturated carbocycles. The van der Waals surface area contributed by atoms with Crippen LogP contribution in [0.1, 0.15) is 5.56 Å². The van der Waals surface area contributed by atoms with Gasteiger partial charge in [0, 0.05) is 10.7 Å². The van der Waals surface area contributed by atoms with Crippen molar-refractivity contribution in [3.8, 4) is 11.8 Å². The molecule has 0 aliphatic rings. The second-order valence-corrected chi connectivity index (χ2v) is 3.18. The molecular weight excluding hydrogens is 241 g/mol. The van der Waals surface area contributed by atoms with Crippen molar-refractivity contribution in [1.82, 2.24) is 4.98 Å². The molecule has 0 aliphatic heterocycles. The van der Waals surface area contributed by atoms with Gasteiger partial charge in [0.15, 0.2) is 0 Å². The van der Waals surface area contributed by atoms with Gasteiger partial charge in [0.05, 0.1) is 11.4 Å². The summed E-state index contributed by atoms with van der Waals surface area (Å²) in [5.74, 6) is 5.48. The van der Waals surface area contributed by atoms with E-state index in [1.165, 1.54) is 0 Å². The normalized spacial score (nSPS) is 8.83. The lowest BCUT2D eigenvalue weighted by Crippen LogP contribution is -2.08. The Kier molecular flexibility index (Phi) is 3.39. The van der Waals surface area contributed by atoms with Crippen LogP contribution in [0.15, 0.2) is 21.5 Å². The van der Waals surface area contributed by atoms with Gasteiger partial charge in [-0.15, -0.1) is 11.6 Å². The van der Waals surface area contributed by atoms with Gasteiger partial charge in [-0.05, 0) is 22.0 Å². The average molecular weight is 246 g/mol. The molecule has 0 aliphatic carbocycles. The summed E-state index contributed by atoms with van der Waals surface area (Å²) in [5, 5.41) is 0. The van der Waals surface area contributed by atoms with Gasteiger partial charge in [0.2, 0.25) is 0 Å². The highest BCUT2D eigenvalue weighted by atomic mass is 79.9. The number of rotatable bonds is 0. The van der Waals surface area contributed by atoms with E-state index in [0.717, 1.165) is 4.47 Å². The predicted octanol–water partition coefficient (Wildman–Crippen LogP) is 1.73. The van der Waals surface area contributed by atoms with Crippen molar-refractivity contribution >= 4 is 27.5 Å². The van der Waals surface area contributed by atoms with Crippen LogP contribution in [0.2, 0.25) is 0 Å². The fourth-order valence-corrected chi connectivity index (χ4v) is 1.09. The van der Waals surface area contributed by atoms with Crippen molar-refractivity contribution in [2.45, 2.75) is 0 Å². The number of hydrogen-bond acceptors (Lipinski definition) is 1. The number of nitrogens with one attached hydrogen (secondary N) is 1. The highest BCUT2D eigenvalue weighted by Gasteiger charge is 1.94. The summed E-state index contributed by atoms with van der Waals surface area (Å²) in [7, 11) is 0. The second-order valence-electron chi connectivity index (χ2n) is 2.00. The van der Waals surface area contributed by atoms with E-state index in [9.17, 15) is 4.79 Å². The lowest BCUT2D eigenvalue weighted by Gasteiger charge is -1.89. The summed E-state index contributed by atoms with van der Waals surface area (Å²) in [6.45, 7) is 0. The summed E-state index contributed by atoms with van der Waals surface area (Å²) in [6, 6.07) is 1.65. The van der Waals surface area contributed by atoms with Gasteiger partial charge in [-0.2, -0.15) is 0 Å². The maximum atomic E-state index is 11.1. The fraction of sp³-hybridized carbons (Fsp3) is 0.125. The number of aromatic amines is 1. The molecule has 0 bridgehead atoms. The van der Waals surface area contributed by atoms with E-state index in [1.807, 2.05) is 0 Å². The van der Waals surface area contributed by atoms with Gasteiger partial charge < -0.3 is 4.98 Å². The van der Waals surface area contributed by atoms with Crippen LogP contribution in [0.3, 0.4) is 0 Å². The topological polar surface area (TPSA) is 32.9 Å². The molecule has 62 valence electrons. The van der Waals surface area contributed by atoms with Crippen LogP contribution in [0.4, 0.5) is 0 Å². The zero-order valence-corrected chi connectivity index (χ0v) is 8.37. The standard InChI is InChI=1S/C8H5BrClNO/c9-7-4-6(2-1-3-10)8(12)11-5-7/h4-5H,3H2,(H,11,12). The molecule has 0 unspecified atom stereocenters. The zero-order valence-electron chi connectivity index (χ0n) is 6.03. The molecule has 0 atom stereocenters. The van der Waals surface area contributed by atoms with Crippen molar-refractivity contribution in [3.05, 3.63) is 32.7 Å². The molecule has 4 heteroatoms. The quantitative estimate of drug-likeness (QED) is 0.549. The molecule has 2 nitrogen and oxygen atoms in total. The van der Waals surface area contributed by atoms with Crippen LogP contribution in [-0.2, 0) is 0 Å². The zero-order chi connectivity index (χ0) is 8.97. The number of aromatic nitrogens is 1. The molecule has 1 aromatic rings. The molecule has 1 N–H and O–H groups in total. The molecule has 0 radical (unpaired) electrons. The third-order valence-corrected chi connectivity index (χ3v) is 1.75. The van der Waals surface area contributed by atoms with Gasteiger partial charge in [-0.1, -0.05) is 11.8 Å².